The number of rotatable bonds is 5. The lowest BCUT2D eigenvalue weighted by Gasteiger charge is -2.05. The van der Waals surface area contributed by atoms with Crippen LogP contribution in [-0.2, 0) is 14.4 Å². The van der Waals surface area contributed by atoms with E-state index in [-0.39, 0.29) is 0 Å². The molecule has 0 amide bonds. The van der Waals surface area contributed by atoms with Crippen LogP contribution >= 0.6 is 0 Å². The van der Waals surface area contributed by atoms with Crippen LogP contribution < -0.4 is 0 Å². The summed E-state index contributed by atoms with van der Waals surface area (Å²) >= 11 is 0. The first kappa shape index (κ1) is 11.9. The van der Waals surface area contributed by atoms with Crippen molar-refractivity contribution < 1.29 is 19.7 Å². The van der Waals surface area contributed by atoms with Gasteiger partial charge < -0.3 is 4.74 Å². The van der Waals surface area contributed by atoms with Crippen LogP contribution in [0.2, 0.25) is 0 Å². The van der Waals surface area contributed by atoms with Crippen molar-refractivity contribution in [1.82, 2.24) is 0 Å². The summed E-state index contributed by atoms with van der Waals surface area (Å²) in [5, 5.41) is 8.26. The fourth-order valence-electron chi connectivity index (χ4n) is 0.569. The van der Waals surface area contributed by atoms with Gasteiger partial charge in [-0.3, -0.25) is 5.26 Å². The van der Waals surface area contributed by atoms with E-state index >= 15 is 0 Å². The summed E-state index contributed by atoms with van der Waals surface area (Å²) in [6.45, 7) is 7.24. The van der Waals surface area contributed by atoms with Crippen molar-refractivity contribution >= 4 is 5.97 Å². The van der Waals surface area contributed by atoms with E-state index in [2.05, 4.69) is 16.2 Å². The predicted octanol–water partition coefficient (Wildman–Crippen LogP) is 1.54. The average molecular weight is 186 g/mol. The molecule has 0 rings (SSSR count). The van der Waals surface area contributed by atoms with Gasteiger partial charge in [-0.15, -0.1) is 0 Å². The molecule has 0 saturated carbocycles. The Labute approximate surface area is 77.4 Å². The molecule has 0 aromatic carbocycles. The van der Waals surface area contributed by atoms with E-state index in [1.54, 1.807) is 13.8 Å². The normalized spacial score (nSPS) is 12.8. The third-order valence-electron chi connectivity index (χ3n) is 1.40. The number of carbonyl (C=O) groups excluding carboxylic acids is 1. The molecule has 0 saturated heterocycles. The first-order valence-corrected chi connectivity index (χ1v) is 3.95. The third kappa shape index (κ3) is 5.16. The van der Waals surface area contributed by atoms with Gasteiger partial charge in [0.15, 0.2) is 0 Å². The second-order valence-corrected chi connectivity index (χ2v) is 2.41. The number of ether oxygens (including phenoxy) is 1. The van der Waals surface area contributed by atoms with Crippen molar-refractivity contribution in [3.63, 3.8) is 0 Å². The summed E-state index contributed by atoms with van der Waals surface area (Å²) < 4.78 is 4.64. The molecule has 0 aromatic rings. The zero-order valence-corrected chi connectivity index (χ0v) is 7.82. The standard InChI is InChI=1S/C9H14O4/c1-4-12-9(10)6-5-7(2)8(3)13-11/h5-6,8,11H,2,4H2,1,3H3/b6-5+/t8-/m0/s1. The minimum Gasteiger partial charge on any atom is -0.463 e. The second-order valence-electron chi connectivity index (χ2n) is 2.41. The minimum absolute atomic E-state index is 0.335. The molecule has 4 nitrogen and oxygen atoms in total. The van der Waals surface area contributed by atoms with Crippen LogP contribution in [0.4, 0.5) is 0 Å². The molecule has 0 bridgehead atoms. The molecule has 1 N–H and O–H groups in total. The molecule has 0 aliphatic heterocycles. The maximum Gasteiger partial charge on any atom is 0.330 e. The Bertz CT molecular complexity index is 208. The monoisotopic (exact) mass is 186 g/mol. The summed E-state index contributed by atoms with van der Waals surface area (Å²) in [5.74, 6) is -0.436. The predicted molar refractivity (Wildman–Crippen MR) is 48.1 cm³/mol. The van der Waals surface area contributed by atoms with Crippen molar-refractivity contribution in [3.05, 3.63) is 24.3 Å². The third-order valence-corrected chi connectivity index (χ3v) is 1.40. The quantitative estimate of drug-likeness (QED) is 0.232. The highest BCUT2D eigenvalue weighted by Crippen LogP contribution is 2.03. The van der Waals surface area contributed by atoms with Gasteiger partial charge in [0.1, 0.15) is 6.10 Å². The molecule has 0 fully saturated rings. The topological polar surface area (TPSA) is 55.8 Å². The smallest absolute Gasteiger partial charge is 0.330 e. The minimum atomic E-state index is -0.523. The molecular weight excluding hydrogens is 172 g/mol. The molecule has 1 atom stereocenters. The van der Waals surface area contributed by atoms with E-state index in [0.717, 1.165) is 0 Å². The fraction of sp³-hybridized carbons (Fsp3) is 0.444. The molecule has 0 heterocycles. The number of carbonyl (C=O) groups is 1. The number of hydrogen-bond donors (Lipinski definition) is 1. The lowest BCUT2D eigenvalue weighted by atomic mass is 10.2. The SMILES string of the molecule is C=C(/C=C/C(=O)OCC)[C@H](C)OO. The second kappa shape index (κ2) is 6.39. The lowest BCUT2D eigenvalue weighted by Crippen LogP contribution is -2.07. The molecule has 0 spiro atoms. The van der Waals surface area contributed by atoms with E-state index in [9.17, 15) is 4.79 Å². The first-order chi connectivity index (χ1) is 6.11. The van der Waals surface area contributed by atoms with Crippen LogP contribution in [-0.4, -0.2) is 23.9 Å². The van der Waals surface area contributed by atoms with Gasteiger partial charge in [-0.25, -0.2) is 9.68 Å². The van der Waals surface area contributed by atoms with Crippen molar-refractivity contribution in [1.29, 1.82) is 0 Å². The van der Waals surface area contributed by atoms with Gasteiger partial charge in [0.2, 0.25) is 0 Å². The Morgan fingerprint density at radius 1 is 1.62 bits per heavy atom. The van der Waals surface area contributed by atoms with E-state index in [4.69, 9.17) is 5.26 Å². The van der Waals surface area contributed by atoms with Crippen LogP contribution in [0.25, 0.3) is 0 Å². The summed E-state index contributed by atoms with van der Waals surface area (Å²) in [6.07, 6.45) is 2.16. The average Bonchev–Trinajstić information content (AvgIpc) is 2.13. The summed E-state index contributed by atoms with van der Waals surface area (Å²) in [7, 11) is 0. The number of hydrogen-bond acceptors (Lipinski definition) is 4. The van der Waals surface area contributed by atoms with Gasteiger partial charge in [0, 0.05) is 6.08 Å². The van der Waals surface area contributed by atoms with Gasteiger partial charge in [-0.2, -0.15) is 0 Å². The van der Waals surface area contributed by atoms with Crippen LogP contribution in [0.1, 0.15) is 13.8 Å². The van der Waals surface area contributed by atoms with Crippen LogP contribution in [0.5, 0.6) is 0 Å². The zero-order valence-electron chi connectivity index (χ0n) is 7.82. The largest absolute Gasteiger partial charge is 0.463 e. The highest BCUT2D eigenvalue weighted by molar-refractivity contribution is 5.82. The van der Waals surface area contributed by atoms with Gasteiger partial charge in [-0.05, 0) is 25.5 Å². The Morgan fingerprint density at radius 2 is 2.23 bits per heavy atom. The van der Waals surface area contributed by atoms with Crippen molar-refractivity contribution in [2.24, 2.45) is 0 Å². The van der Waals surface area contributed by atoms with Gasteiger partial charge in [0.25, 0.3) is 0 Å². The molecule has 4 heteroatoms. The highest BCUT2D eigenvalue weighted by atomic mass is 17.1. The van der Waals surface area contributed by atoms with Crippen molar-refractivity contribution in [2.45, 2.75) is 20.0 Å². The molecule has 0 aliphatic rings. The van der Waals surface area contributed by atoms with E-state index in [1.807, 2.05) is 0 Å². The van der Waals surface area contributed by atoms with E-state index < -0.39 is 12.1 Å². The van der Waals surface area contributed by atoms with Crippen LogP contribution in [0, 0.1) is 0 Å². The first-order valence-electron chi connectivity index (χ1n) is 3.95. The van der Waals surface area contributed by atoms with Gasteiger partial charge in [-0.1, -0.05) is 6.58 Å². The molecule has 0 unspecified atom stereocenters. The molecule has 13 heavy (non-hydrogen) atoms. The van der Waals surface area contributed by atoms with Crippen molar-refractivity contribution in [3.8, 4) is 0 Å². The summed E-state index contributed by atoms with van der Waals surface area (Å²) in [4.78, 5) is 14.8. The highest BCUT2D eigenvalue weighted by Gasteiger charge is 2.03. The summed E-state index contributed by atoms with van der Waals surface area (Å²) in [5.41, 5.74) is 0.496. The Morgan fingerprint density at radius 3 is 2.69 bits per heavy atom. The van der Waals surface area contributed by atoms with Crippen molar-refractivity contribution in [2.75, 3.05) is 6.61 Å². The Hall–Kier alpha value is -1.13. The maximum atomic E-state index is 10.8. The Balaban J connectivity index is 3.97. The fourth-order valence-corrected chi connectivity index (χ4v) is 0.569. The number of esters is 1. The Kier molecular flexibility index (Phi) is 5.84. The van der Waals surface area contributed by atoms with Crippen LogP contribution in [0.15, 0.2) is 24.3 Å². The molecule has 0 aliphatic carbocycles. The van der Waals surface area contributed by atoms with Gasteiger partial charge >= 0.3 is 5.97 Å². The van der Waals surface area contributed by atoms with Crippen LogP contribution in [0.3, 0.4) is 0 Å². The van der Waals surface area contributed by atoms with Gasteiger partial charge in [0.05, 0.1) is 6.61 Å². The molecule has 74 valence electrons. The summed E-state index contributed by atoms with van der Waals surface area (Å²) in [6, 6.07) is 0. The van der Waals surface area contributed by atoms with E-state index in [1.165, 1.54) is 12.2 Å². The van der Waals surface area contributed by atoms with E-state index in [0.29, 0.717) is 12.2 Å². The lowest BCUT2D eigenvalue weighted by molar-refractivity contribution is -0.263. The molecule has 0 radical (unpaired) electrons. The molecular formula is C9H14O4. The maximum absolute atomic E-state index is 10.8. The zero-order chi connectivity index (χ0) is 10.3. The molecule has 0 aromatic heterocycles.